The molecule has 2 aliphatic rings. The lowest BCUT2D eigenvalue weighted by Gasteiger charge is -2.28. The van der Waals surface area contributed by atoms with Gasteiger partial charge < -0.3 is 15.4 Å². The van der Waals surface area contributed by atoms with E-state index in [-0.39, 0.29) is 0 Å². The van der Waals surface area contributed by atoms with Crippen molar-refractivity contribution in [3.63, 3.8) is 0 Å². The van der Waals surface area contributed by atoms with Gasteiger partial charge in [0.2, 0.25) is 5.88 Å². The Hall–Kier alpha value is -1.45. The molecule has 4 heteroatoms. The summed E-state index contributed by atoms with van der Waals surface area (Å²) in [4.78, 5) is 6.67. The summed E-state index contributed by atoms with van der Waals surface area (Å²) in [6.07, 6.45) is 5.70. The molecule has 1 heterocycles. The fourth-order valence-corrected chi connectivity index (χ4v) is 3.90. The third kappa shape index (κ3) is 2.36. The largest absolute Gasteiger partial charge is 0.481 e. The van der Waals surface area contributed by atoms with E-state index in [4.69, 9.17) is 10.5 Å². The van der Waals surface area contributed by atoms with Gasteiger partial charge in [0.05, 0.1) is 12.8 Å². The third-order valence-corrected chi connectivity index (χ3v) is 4.84. The Morgan fingerprint density at radius 1 is 1.37 bits per heavy atom. The van der Waals surface area contributed by atoms with Crippen LogP contribution >= 0.6 is 0 Å². The number of pyridine rings is 1. The van der Waals surface area contributed by atoms with E-state index in [1.807, 2.05) is 12.1 Å². The van der Waals surface area contributed by atoms with Gasteiger partial charge in [0.1, 0.15) is 0 Å². The molecule has 0 spiro atoms. The van der Waals surface area contributed by atoms with Gasteiger partial charge in [-0.2, -0.15) is 4.98 Å². The molecular formula is C15H23N3O. The zero-order chi connectivity index (χ0) is 13.4. The Balaban J connectivity index is 1.71. The van der Waals surface area contributed by atoms with Crippen molar-refractivity contribution in [2.75, 3.05) is 31.3 Å². The quantitative estimate of drug-likeness (QED) is 0.905. The summed E-state index contributed by atoms with van der Waals surface area (Å²) < 4.78 is 5.19. The number of nitrogens with zero attached hydrogens (tertiary/aromatic N) is 2. The van der Waals surface area contributed by atoms with Crippen molar-refractivity contribution < 1.29 is 4.74 Å². The summed E-state index contributed by atoms with van der Waals surface area (Å²) in [5.41, 5.74) is 6.76. The minimum atomic E-state index is 0.629. The molecule has 1 aromatic heterocycles. The van der Waals surface area contributed by atoms with Crippen molar-refractivity contribution >= 4 is 11.5 Å². The fourth-order valence-electron chi connectivity index (χ4n) is 3.90. The van der Waals surface area contributed by atoms with Gasteiger partial charge in [0.15, 0.2) is 5.82 Å². The Bertz CT molecular complexity index is 463. The molecule has 1 aromatic rings. The minimum absolute atomic E-state index is 0.629. The number of nitrogen functional groups attached to an aromatic ring is 1. The van der Waals surface area contributed by atoms with E-state index in [1.54, 1.807) is 7.11 Å². The highest BCUT2D eigenvalue weighted by Crippen LogP contribution is 2.48. The lowest BCUT2D eigenvalue weighted by atomic mass is 9.88. The number of methoxy groups -OCH3 is 1. The first-order valence-corrected chi connectivity index (χ1v) is 7.19. The van der Waals surface area contributed by atoms with E-state index >= 15 is 0 Å². The van der Waals surface area contributed by atoms with Gasteiger partial charge in [-0.25, -0.2) is 0 Å². The van der Waals surface area contributed by atoms with Gasteiger partial charge in [0, 0.05) is 19.7 Å². The normalized spacial score (nSPS) is 28.6. The van der Waals surface area contributed by atoms with Crippen molar-refractivity contribution in [2.45, 2.75) is 25.7 Å². The second-order valence-corrected chi connectivity index (χ2v) is 6.08. The smallest absolute Gasteiger partial charge is 0.215 e. The lowest BCUT2D eigenvalue weighted by Crippen LogP contribution is -2.29. The Labute approximate surface area is 115 Å². The summed E-state index contributed by atoms with van der Waals surface area (Å²) in [5, 5.41) is 0. The zero-order valence-electron chi connectivity index (χ0n) is 11.8. The number of fused-ring (bicyclic) bond motifs is 2. The summed E-state index contributed by atoms with van der Waals surface area (Å²) >= 11 is 0. The third-order valence-electron chi connectivity index (χ3n) is 4.84. The van der Waals surface area contributed by atoms with Gasteiger partial charge >= 0.3 is 0 Å². The average Bonchev–Trinajstić information content (AvgIpc) is 3.01. The van der Waals surface area contributed by atoms with E-state index in [9.17, 15) is 0 Å². The van der Waals surface area contributed by atoms with Gasteiger partial charge in [0.25, 0.3) is 0 Å². The molecule has 19 heavy (non-hydrogen) atoms. The Kier molecular flexibility index (Phi) is 3.25. The standard InChI is InChI=1S/C15H23N3O/c1-18(9-12-8-10-3-4-11(12)7-10)15-13(16)5-6-14(17-15)19-2/h5-6,10-12H,3-4,7-9,16H2,1-2H3. The van der Waals surface area contributed by atoms with Crippen LogP contribution in [0.3, 0.4) is 0 Å². The summed E-state index contributed by atoms with van der Waals surface area (Å²) in [6.45, 7) is 1.06. The van der Waals surface area contributed by atoms with E-state index in [1.165, 1.54) is 25.7 Å². The Morgan fingerprint density at radius 2 is 2.21 bits per heavy atom. The molecule has 0 aliphatic heterocycles. The first-order chi connectivity index (χ1) is 9.17. The number of anilines is 2. The molecular weight excluding hydrogens is 238 g/mol. The van der Waals surface area contributed by atoms with E-state index in [0.29, 0.717) is 5.88 Å². The van der Waals surface area contributed by atoms with Crippen LogP contribution in [0.4, 0.5) is 11.5 Å². The number of hydrogen-bond acceptors (Lipinski definition) is 4. The van der Waals surface area contributed by atoms with Crippen LogP contribution in [0.2, 0.25) is 0 Å². The van der Waals surface area contributed by atoms with Crippen molar-refractivity contribution in [1.29, 1.82) is 0 Å². The number of hydrogen-bond donors (Lipinski definition) is 1. The molecule has 0 saturated heterocycles. The SMILES string of the molecule is COc1ccc(N)c(N(C)CC2CC3CCC2C3)n1. The maximum absolute atomic E-state index is 6.04. The number of nitrogens with two attached hydrogens (primary N) is 1. The van der Waals surface area contributed by atoms with Gasteiger partial charge in [-0.15, -0.1) is 0 Å². The fraction of sp³-hybridized carbons (Fsp3) is 0.667. The molecule has 0 radical (unpaired) electrons. The van der Waals surface area contributed by atoms with Crippen LogP contribution in [-0.2, 0) is 0 Å². The van der Waals surface area contributed by atoms with E-state index in [0.717, 1.165) is 35.8 Å². The van der Waals surface area contributed by atoms with E-state index in [2.05, 4.69) is 16.9 Å². The van der Waals surface area contributed by atoms with Crippen LogP contribution in [-0.4, -0.2) is 25.7 Å². The lowest BCUT2D eigenvalue weighted by molar-refractivity contribution is 0.336. The maximum Gasteiger partial charge on any atom is 0.215 e. The summed E-state index contributed by atoms with van der Waals surface area (Å²) in [6, 6.07) is 3.68. The van der Waals surface area contributed by atoms with Crippen LogP contribution in [0, 0.1) is 17.8 Å². The monoisotopic (exact) mass is 261 g/mol. The molecule has 2 bridgehead atoms. The topological polar surface area (TPSA) is 51.4 Å². The van der Waals surface area contributed by atoms with Gasteiger partial charge in [-0.05, 0) is 43.1 Å². The highest BCUT2D eigenvalue weighted by Gasteiger charge is 2.39. The Morgan fingerprint density at radius 3 is 2.84 bits per heavy atom. The maximum atomic E-state index is 6.04. The van der Waals surface area contributed by atoms with Gasteiger partial charge in [-0.3, -0.25) is 0 Å². The molecule has 3 unspecified atom stereocenters. The second-order valence-electron chi connectivity index (χ2n) is 6.08. The molecule has 2 saturated carbocycles. The summed E-state index contributed by atoms with van der Waals surface area (Å²) in [5.74, 6) is 4.21. The molecule has 0 amide bonds. The minimum Gasteiger partial charge on any atom is -0.481 e. The molecule has 2 fully saturated rings. The molecule has 0 aromatic carbocycles. The van der Waals surface area contributed by atoms with Crippen LogP contribution in [0.1, 0.15) is 25.7 Å². The average molecular weight is 261 g/mol. The van der Waals surface area contributed by atoms with Crippen molar-refractivity contribution in [1.82, 2.24) is 4.98 Å². The van der Waals surface area contributed by atoms with Gasteiger partial charge in [-0.1, -0.05) is 6.42 Å². The second kappa shape index (κ2) is 4.91. The first-order valence-electron chi connectivity index (χ1n) is 7.19. The predicted octanol–water partition coefficient (Wildman–Crippen LogP) is 2.54. The number of aromatic nitrogens is 1. The highest BCUT2D eigenvalue weighted by molar-refractivity contribution is 5.63. The summed E-state index contributed by atoms with van der Waals surface area (Å²) in [7, 11) is 3.72. The highest BCUT2D eigenvalue weighted by atomic mass is 16.5. The van der Waals surface area contributed by atoms with Crippen molar-refractivity contribution in [3.8, 4) is 5.88 Å². The van der Waals surface area contributed by atoms with E-state index < -0.39 is 0 Å². The molecule has 4 nitrogen and oxygen atoms in total. The van der Waals surface area contributed by atoms with Crippen LogP contribution in [0.15, 0.2) is 12.1 Å². The van der Waals surface area contributed by atoms with Crippen LogP contribution in [0.5, 0.6) is 5.88 Å². The molecule has 3 rings (SSSR count). The molecule has 2 aliphatic carbocycles. The van der Waals surface area contributed by atoms with Crippen molar-refractivity contribution in [3.05, 3.63) is 12.1 Å². The zero-order valence-corrected chi connectivity index (χ0v) is 11.8. The molecule has 104 valence electrons. The molecule has 2 N–H and O–H groups in total. The van der Waals surface area contributed by atoms with Crippen LogP contribution < -0.4 is 15.4 Å². The number of ether oxygens (including phenoxy) is 1. The number of rotatable bonds is 4. The van der Waals surface area contributed by atoms with Crippen LogP contribution in [0.25, 0.3) is 0 Å². The van der Waals surface area contributed by atoms with Crippen molar-refractivity contribution in [2.24, 2.45) is 17.8 Å². The predicted molar refractivity (Wildman–Crippen MR) is 77.4 cm³/mol. The first kappa shape index (κ1) is 12.6. The molecule has 3 atom stereocenters.